The Morgan fingerprint density at radius 2 is 2.43 bits per heavy atom. The molecule has 0 saturated heterocycles. The fraction of sp³-hybridized carbons (Fsp3) is 0.500. The van der Waals surface area contributed by atoms with Crippen LogP contribution in [0.2, 0.25) is 0 Å². The van der Waals surface area contributed by atoms with Gasteiger partial charge in [-0.05, 0) is 6.92 Å². The molecule has 0 aliphatic carbocycles. The van der Waals surface area contributed by atoms with Gasteiger partial charge in [0.25, 0.3) is 5.56 Å². The van der Waals surface area contributed by atoms with E-state index in [1.807, 2.05) is 0 Å². The number of aromatic amines is 1. The fourth-order valence-corrected chi connectivity index (χ4v) is 0.983. The van der Waals surface area contributed by atoms with Crippen molar-refractivity contribution in [2.75, 3.05) is 0 Å². The van der Waals surface area contributed by atoms with E-state index in [1.165, 1.54) is 10.7 Å². The third-order valence-electron chi connectivity index (χ3n) is 1.81. The Hall–Kier alpha value is -1.56. The summed E-state index contributed by atoms with van der Waals surface area (Å²) in [6.07, 6.45) is 0. The molecule has 1 amide bonds. The van der Waals surface area contributed by atoms with Crippen molar-refractivity contribution < 1.29 is 4.79 Å². The van der Waals surface area contributed by atoms with Crippen LogP contribution in [0.25, 0.3) is 0 Å². The number of hydrogen-bond donors (Lipinski definition) is 3. The second-order valence-corrected chi connectivity index (χ2v) is 3.19. The van der Waals surface area contributed by atoms with E-state index in [9.17, 15) is 9.59 Å². The van der Waals surface area contributed by atoms with Gasteiger partial charge in [0.15, 0.2) is 0 Å². The molecule has 0 bridgehead atoms. The second-order valence-electron chi connectivity index (χ2n) is 3.19. The summed E-state index contributed by atoms with van der Waals surface area (Å²) in [5.74, 6) is -0.241. The number of rotatable bonds is 3. The lowest BCUT2D eigenvalue weighted by atomic mass is 10.3. The summed E-state index contributed by atoms with van der Waals surface area (Å²) >= 11 is 0. The van der Waals surface area contributed by atoms with Gasteiger partial charge in [0.1, 0.15) is 0 Å². The van der Waals surface area contributed by atoms with E-state index in [1.54, 1.807) is 14.0 Å². The van der Waals surface area contributed by atoms with Crippen LogP contribution in [-0.4, -0.2) is 21.7 Å². The molecule has 0 saturated carbocycles. The number of nitrogens with zero attached hydrogens (tertiary/aromatic N) is 1. The van der Waals surface area contributed by atoms with Gasteiger partial charge in [0, 0.05) is 13.1 Å². The van der Waals surface area contributed by atoms with Gasteiger partial charge in [0.2, 0.25) is 5.91 Å². The normalized spacial score (nSPS) is 12.5. The molecule has 1 atom stereocenters. The molecule has 0 aliphatic heterocycles. The number of carbonyl (C=O) groups is 1. The lowest BCUT2D eigenvalue weighted by Crippen LogP contribution is -2.37. The van der Waals surface area contributed by atoms with Crippen LogP contribution < -0.4 is 16.6 Å². The molecule has 1 heterocycles. The molecular formula is C8H14N4O2. The Morgan fingerprint density at radius 3 is 2.86 bits per heavy atom. The average Bonchev–Trinajstić information content (AvgIpc) is 2.42. The van der Waals surface area contributed by atoms with E-state index < -0.39 is 6.04 Å². The third kappa shape index (κ3) is 2.46. The van der Waals surface area contributed by atoms with E-state index in [2.05, 4.69) is 10.4 Å². The predicted molar refractivity (Wildman–Crippen MR) is 51.5 cm³/mol. The summed E-state index contributed by atoms with van der Waals surface area (Å²) in [7, 11) is 1.61. The van der Waals surface area contributed by atoms with Crippen molar-refractivity contribution in [3.05, 3.63) is 22.1 Å². The van der Waals surface area contributed by atoms with Gasteiger partial charge in [-0.15, -0.1) is 0 Å². The first-order chi connectivity index (χ1) is 6.50. The molecule has 78 valence electrons. The first-order valence-electron chi connectivity index (χ1n) is 4.29. The van der Waals surface area contributed by atoms with Gasteiger partial charge >= 0.3 is 0 Å². The average molecular weight is 198 g/mol. The molecule has 6 heteroatoms. The number of nitrogens with two attached hydrogens (primary N) is 1. The van der Waals surface area contributed by atoms with Gasteiger partial charge in [-0.1, -0.05) is 0 Å². The minimum Gasteiger partial charge on any atom is -0.349 e. The molecule has 0 fully saturated rings. The monoisotopic (exact) mass is 198 g/mol. The topological polar surface area (TPSA) is 92.9 Å². The highest BCUT2D eigenvalue weighted by Crippen LogP contribution is 1.88. The molecule has 0 spiro atoms. The second kappa shape index (κ2) is 4.10. The van der Waals surface area contributed by atoms with Crippen LogP contribution in [0.4, 0.5) is 0 Å². The first kappa shape index (κ1) is 10.5. The minimum atomic E-state index is -0.537. The zero-order chi connectivity index (χ0) is 10.7. The van der Waals surface area contributed by atoms with Crippen molar-refractivity contribution in [1.29, 1.82) is 0 Å². The highest BCUT2D eigenvalue weighted by molar-refractivity contribution is 5.80. The summed E-state index contributed by atoms with van der Waals surface area (Å²) < 4.78 is 1.34. The van der Waals surface area contributed by atoms with Crippen LogP contribution in [0.3, 0.4) is 0 Å². The molecule has 1 aromatic heterocycles. The highest BCUT2D eigenvalue weighted by atomic mass is 16.2. The molecule has 4 N–H and O–H groups in total. The molecule has 0 radical (unpaired) electrons. The maximum absolute atomic E-state index is 11.1. The third-order valence-corrected chi connectivity index (χ3v) is 1.81. The highest BCUT2D eigenvalue weighted by Gasteiger charge is 2.07. The van der Waals surface area contributed by atoms with Gasteiger partial charge in [-0.2, -0.15) is 0 Å². The number of aromatic nitrogens is 2. The van der Waals surface area contributed by atoms with Crippen molar-refractivity contribution in [2.24, 2.45) is 12.8 Å². The number of H-pyrrole nitrogens is 1. The Morgan fingerprint density at radius 1 is 1.79 bits per heavy atom. The van der Waals surface area contributed by atoms with Gasteiger partial charge in [-0.25, -0.2) is 0 Å². The number of amides is 1. The Bertz CT molecular complexity index is 377. The quantitative estimate of drug-likeness (QED) is 0.562. The SMILES string of the molecule is C[C@@H](N)C(=O)NCc1cc(=O)n(C)[nH]1. The molecule has 0 aromatic carbocycles. The van der Waals surface area contributed by atoms with Crippen molar-refractivity contribution >= 4 is 5.91 Å². The van der Waals surface area contributed by atoms with Gasteiger partial charge < -0.3 is 11.1 Å². The van der Waals surface area contributed by atoms with Crippen LogP contribution in [0.15, 0.2) is 10.9 Å². The van der Waals surface area contributed by atoms with Gasteiger partial charge in [-0.3, -0.25) is 19.4 Å². The molecule has 6 nitrogen and oxygen atoms in total. The van der Waals surface area contributed by atoms with Crippen molar-refractivity contribution in [2.45, 2.75) is 19.5 Å². The lowest BCUT2D eigenvalue weighted by molar-refractivity contribution is -0.122. The summed E-state index contributed by atoms with van der Waals surface area (Å²) in [4.78, 5) is 22.1. The maximum atomic E-state index is 11.1. The molecular weight excluding hydrogens is 184 g/mol. The summed E-state index contributed by atoms with van der Waals surface area (Å²) in [6.45, 7) is 1.89. The maximum Gasteiger partial charge on any atom is 0.266 e. The largest absolute Gasteiger partial charge is 0.349 e. The van der Waals surface area contributed by atoms with Crippen LogP contribution in [0.5, 0.6) is 0 Å². The van der Waals surface area contributed by atoms with E-state index in [4.69, 9.17) is 5.73 Å². The van der Waals surface area contributed by atoms with Crippen LogP contribution in [0.1, 0.15) is 12.6 Å². The van der Waals surface area contributed by atoms with E-state index >= 15 is 0 Å². The van der Waals surface area contributed by atoms with Crippen LogP contribution in [0, 0.1) is 0 Å². The van der Waals surface area contributed by atoms with E-state index in [0.29, 0.717) is 5.69 Å². The number of aryl methyl sites for hydroxylation is 1. The van der Waals surface area contributed by atoms with Gasteiger partial charge in [0.05, 0.1) is 18.3 Å². The molecule has 1 rings (SSSR count). The number of hydrogen-bond acceptors (Lipinski definition) is 3. The first-order valence-corrected chi connectivity index (χ1v) is 4.29. The van der Waals surface area contributed by atoms with Crippen LogP contribution >= 0.6 is 0 Å². The molecule has 0 unspecified atom stereocenters. The smallest absolute Gasteiger partial charge is 0.266 e. The van der Waals surface area contributed by atoms with Crippen LogP contribution in [-0.2, 0) is 18.4 Å². The fourth-order valence-electron chi connectivity index (χ4n) is 0.983. The minimum absolute atomic E-state index is 0.130. The summed E-state index contributed by atoms with van der Waals surface area (Å²) in [5.41, 5.74) is 5.88. The Labute approximate surface area is 81.1 Å². The summed E-state index contributed by atoms with van der Waals surface area (Å²) in [6, 6.07) is 0.895. The molecule has 0 aliphatic rings. The van der Waals surface area contributed by atoms with E-state index in [-0.39, 0.29) is 18.0 Å². The summed E-state index contributed by atoms with van der Waals surface area (Å²) in [5, 5.41) is 5.38. The number of nitrogens with one attached hydrogen (secondary N) is 2. The standard InChI is InChI=1S/C8H14N4O2/c1-5(9)8(14)10-4-6-3-7(13)12(2)11-6/h3,5,11H,4,9H2,1-2H3,(H,10,14)/t5-/m1/s1. The van der Waals surface area contributed by atoms with Crippen molar-refractivity contribution in [3.63, 3.8) is 0 Å². The zero-order valence-corrected chi connectivity index (χ0v) is 8.20. The molecule has 14 heavy (non-hydrogen) atoms. The zero-order valence-electron chi connectivity index (χ0n) is 8.20. The lowest BCUT2D eigenvalue weighted by Gasteiger charge is -2.05. The predicted octanol–water partition coefficient (Wildman–Crippen LogP) is -1.32. The number of carbonyl (C=O) groups excluding carboxylic acids is 1. The van der Waals surface area contributed by atoms with Crippen molar-refractivity contribution in [3.8, 4) is 0 Å². The molecule has 1 aromatic rings. The Balaban J connectivity index is 2.54. The Kier molecular flexibility index (Phi) is 3.08. The van der Waals surface area contributed by atoms with E-state index in [0.717, 1.165) is 0 Å². The van der Waals surface area contributed by atoms with Crippen molar-refractivity contribution in [1.82, 2.24) is 15.1 Å².